The third-order valence-corrected chi connectivity index (χ3v) is 5.26. The molecule has 1 aliphatic heterocycles. The molecule has 0 bridgehead atoms. The van der Waals surface area contributed by atoms with Gasteiger partial charge < -0.3 is 12.5 Å². The van der Waals surface area contributed by atoms with Crippen LogP contribution >= 0.6 is 23.0 Å². The molecule has 0 amide bonds. The van der Waals surface area contributed by atoms with Crippen LogP contribution in [-0.4, -0.2) is 13.2 Å². The quantitative estimate of drug-likeness (QED) is 0.237. The molecule has 0 aliphatic carbocycles. The lowest BCUT2D eigenvalue weighted by Gasteiger charge is -2.19. The van der Waals surface area contributed by atoms with E-state index in [0.29, 0.717) is 29.0 Å². The maximum Gasteiger partial charge on any atom is 0.417 e. The lowest BCUT2D eigenvalue weighted by Crippen LogP contribution is -2.11. The molecule has 3 aromatic carbocycles. The number of fused-ring (bicyclic) bond motifs is 1. The number of rotatable bonds is 6. The zero-order valence-corrected chi connectivity index (χ0v) is 18.7. The molecule has 166 valence electrons. The summed E-state index contributed by atoms with van der Waals surface area (Å²) < 4.78 is 71.8. The molecule has 0 saturated carbocycles. The first-order valence-electron chi connectivity index (χ1n) is 9.63. The van der Waals surface area contributed by atoms with Gasteiger partial charge in [-0.3, -0.25) is 0 Å². The number of ether oxygens (including phenoxy) is 2. The van der Waals surface area contributed by atoms with Crippen molar-refractivity contribution in [3.63, 3.8) is 0 Å². The van der Waals surface area contributed by atoms with Gasteiger partial charge in [-0.25, -0.2) is 4.39 Å². The summed E-state index contributed by atoms with van der Waals surface area (Å²) in [6.45, 7) is 0.424. The second kappa shape index (κ2) is 9.50. The predicted molar refractivity (Wildman–Crippen MR) is 121 cm³/mol. The van der Waals surface area contributed by atoms with E-state index in [9.17, 15) is 17.6 Å². The van der Waals surface area contributed by atoms with Crippen molar-refractivity contribution in [2.24, 2.45) is 0 Å². The van der Waals surface area contributed by atoms with Crippen LogP contribution in [0.15, 0.2) is 66.2 Å². The largest absolute Gasteiger partial charge is 0.489 e. The third-order valence-electron chi connectivity index (χ3n) is 4.95. The van der Waals surface area contributed by atoms with Gasteiger partial charge in [0.25, 0.3) is 0 Å². The molecule has 4 rings (SSSR count). The van der Waals surface area contributed by atoms with E-state index in [-0.39, 0.29) is 24.5 Å². The summed E-state index contributed by atoms with van der Waals surface area (Å²) in [6, 6.07) is 15.1. The first kappa shape index (κ1) is 22.6. The van der Waals surface area contributed by atoms with Crippen LogP contribution in [0.2, 0.25) is 0 Å². The van der Waals surface area contributed by atoms with E-state index in [4.69, 9.17) is 12.5 Å². The average molecular weight is 556 g/mol. The number of hydrogen-bond acceptors (Lipinski definition) is 3. The molecule has 0 N–H and O–H groups in total. The Hall–Kier alpha value is -2.59. The van der Waals surface area contributed by atoms with E-state index in [1.165, 1.54) is 18.2 Å². The van der Waals surface area contributed by atoms with Gasteiger partial charge in [-0.15, -0.1) is 0 Å². The minimum atomic E-state index is -4.53. The van der Waals surface area contributed by atoms with E-state index in [0.717, 1.165) is 11.6 Å². The Labute approximate surface area is 196 Å². The van der Waals surface area contributed by atoms with Crippen LogP contribution < -0.4 is 9.47 Å². The van der Waals surface area contributed by atoms with E-state index >= 15 is 0 Å². The lowest BCUT2D eigenvalue weighted by molar-refractivity contribution is -0.137. The molecule has 3 aromatic rings. The van der Waals surface area contributed by atoms with Crippen LogP contribution in [0.3, 0.4) is 0 Å². The highest BCUT2D eigenvalue weighted by Crippen LogP contribution is 2.38. The van der Waals surface area contributed by atoms with Crippen molar-refractivity contribution >= 4 is 29.1 Å². The van der Waals surface area contributed by atoms with Crippen molar-refractivity contribution in [2.75, 3.05) is 13.2 Å². The van der Waals surface area contributed by atoms with Crippen molar-refractivity contribution in [3.8, 4) is 22.6 Å². The predicted octanol–water partition coefficient (Wildman–Crippen LogP) is 7.23. The highest BCUT2D eigenvalue weighted by Gasteiger charge is 2.34. The van der Waals surface area contributed by atoms with E-state index < -0.39 is 17.6 Å². The molecule has 0 fully saturated rings. The van der Waals surface area contributed by atoms with Crippen LogP contribution in [0.5, 0.6) is 11.5 Å². The average Bonchev–Trinajstić information content (AvgIpc) is 2.78. The second-order valence-electron chi connectivity index (χ2n) is 7.19. The first-order valence-corrected chi connectivity index (χ1v) is 10.5. The maximum absolute atomic E-state index is 14.5. The fourth-order valence-electron chi connectivity index (χ4n) is 3.43. The van der Waals surface area contributed by atoms with Gasteiger partial charge in [0.2, 0.25) is 0 Å². The van der Waals surface area contributed by atoms with E-state index in [2.05, 4.69) is 0 Å². The van der Waals surface area contributed by atoms with Crippen molar-refractivity contribution < 1.29 is 30.1 Å². The Bertz CT molecular complexity index is 1140. The molecule has 8 heteroatoms. The van der Waals surface area contributed by atoms with Crippen molar-refractivity contribution in [1.29, 1.82) is 0 Å². The van der Waals surface area contributed by atoms with E-state index in [1.54, 1.807) is 65.5 Å². The Morgan fingerprint density at radius 1 is 0.969 bits per heavy atom. The molecule has 1 heterocycles. The normalized spacial score (nSPS) is 13.2. The summed E-state index contributed by atoms with van der Waals surface area (Å²) in [7, 11) is 0. The molecule has 0 atom stereocenters. The Morgan fingerprint density at radius 2 is 1.75 bits per heavy atom. The smallest absolute Gasteiger partial charge is 0.417 e. The molecule has 0 radical (unpaired) electrons. The van der Waals surface area contributed by atoms with Gasteiger partial charge in [-0.2, -0.15) is 13.2 Å². The number of hydrogen-bond donors (Lipinski definition) is 0. The summed E-state index contributed by atoms with van der Waals surface area (Å²) in [6.07, 6.45) is -2.87. The SMILES string of the molecule is Fc1cc(OCc2ccc(-c3ccccc3)c(C(F)(F)F)c2)cc2c1C=C(COI)CO2. The van der Waals surface area contributed by atoms with Gasteiger partial charge in [0.05, 0.1) is 17.7 Å². The first-order chi connectivity index (χ1) is 15.3. The summed E-state index contributed by atoms with van der Waals surface area (Å²) in [5, 5.41) is 0. The van der Waals surface area contributed by atoms with Gasteiger partial charge >= 0.3 is 6.18 Å². The molecule has 3 nitrogen and oxygen atoms in total. The molecule has 0 aromatic heterocycles. The third kappa shape index (κ3) is 5.07. The van der Waals surface area contributed by atoms with E-state index in [1.807, 2.05) is 0 Å². The second-order valence-corrected chi connectivity index (χ2v) is 7.82. The monoisotopic (exact) mass is 556 g/mol. The van der Waals surface area contributed by atoms with Crippen LogP contribution in [0, 0.1) is 5.82 Å². The van der Waals surface area contributed by atoms with Gasteiger partial charge in [0.15, 0.2) is 0 Å². The molecule has 32 heavy (non-hydrogen) atoms. The fourth-order valence-corrected chi connectivity index (χ4v) is 3.83. The van der Waals surface area contributed by atoms with Gasteiger partial charge in [-0.05, 0) is 34.4 Å². The Balaban J connectivity index is 1.56. The Kier molecular flexibility index (Phi) is 6.71. The Morgan fingerprint density at radius 3 is 2.47 bits per heavy atom. The molecule has 0 saturated heterocycles. The number of alkyl halides is 3. The maximum atomic E-state index is 14.5. The molecule has 0 spiro atoms. The fraction of sp³-hybridized carbons (Fsp3) is 0.167. The van der Waals surface area contributed by atoms with Crippen LogP contribution in [0.25, 0.3) is 17.2 Å². The highest BCUT2D eigenvalue weighted by atomic mass is 127. The van der Waals surface area contributed by atoms with Crippen LogP contribution in [-0.2, 0) is 15.8 Å². The van der Waals surface area contributed by atoms with Gasteiger partial charge in [0, 0.05) is 12.1 Å². The summed E-state index contributed by atoms with van der Waals surface area (Å²) in [5.41, 5.74) is 1.21. The summed E-state index contributed by atoms with van der Waals surface area (Å²) in [5.74, 6) is -0.0601. The van der Waals surface area contributed by atoms with Crippen molar-refractivity contribution in [3.05, 3.63) is 88.7 Å². The minimum absolute atomic E-state index is 0.0909. The standard InChI is InChI=1S/C24H17F4IO3/c25-22-10-18(11-23-20(22)8-16(13-31-23)14-32-29)30-12-15-6-7-19(17-4-2-1-3-5-17)21(9-15)24(26,27)28/h1-11H,12-14H2. The van der Waals surface area contributed by atoms with Crippen LogP contribution in [0.1, 0.15) is 16.7 Å². The zero-order chi connectivity index (χ0) is 22.7. The number of halogens is 5. The number of benzene rings is 3. The zero-order valence-electron chi connectivity index (χ0n) is 16.6. The molecule has 0 unspecified atom stereocenters. The molecule has 1 aliphatic rings. The van der Waals surface area contributed by atoms with Crippen molar-refractivity contribution in [1.82, 2.24) is 0 Å². The molecular weight excluding hydrogens is 539 g/mol. The lowest BCUT2D eigenvalue weighted by atomic mass is 9.97. The van der Waals surface area contributed by atoms with Crippen LogP contribution in [0.4, 0.5) is 17.6 Å². The highest BCUT2D eigenvalue weighted by molar-refractivity contribution is 14.1. The molecular formula is C24H17F4IO3. The summed E-state index contributed by atoms with van der Waals surface area (Å²) in [4.78, 5) is 0. The van der Waals surface area contributed by atoms with Gasteiger partial charge in [0.1, 0.15) is 53.5 Å². The van der Waals surface area contributed by atoms with Crippen molar-refractivity contribution in [2.45, 2.75) is 12.8 Å². The topological polar surface area (TPSA) is 27.7 Å². The van der Waals surface area contributed by atoms with Gasteiger partial charge in [-0.1, -0.05) is 42.5 Å². The minimum Gasteiger partial charge on any atom is -0.489 e. The summed E-state index contributed by atoms with van der Waals surface area (Å²) >= 11 is 1.75.